The largest absolute Gasteiger partial charge is 0.398 e. The molecule has 1 aromatic carbocycles. The van der Waals surface area contributed by atoms with Gasteiger partial charge in [0.25, 0.3) is 0 Å². The highest BCUT2D eigenvalue weighted by atomic mass is 35.5. The molecular formula is C11H15ClFNO2S. The predicted octanol–water partition coefficient (Wildman–Crippen LogP) is 2.84. The first-order valence-electron chi connectivity index (χ1n) is 5.32. The summed E-state index contributed by atoms with van der Waals surface area (Å²) in [5, 5.41) is 0.135. The standard InChI is InChI=1S/C11H15ClFNO2S/c12-9-5-4-6-10(14)11(9)17(15,16)8-3-1-2-7-13/h4-6H,1-3,7-8,14H2. The Hall–Kier alpha value is -0.810. The normalized spacial score (nSPS) is 11.6. The Balaban J connectivity index is 2.83. The lowest BCUT2D eigenvalue weighted by Crippen LogP contribution is -2.10. The van der Waals surface area contributed by atoms with Crippen LogP contribution in [0.4, 0.5) is 10.1 Å². The quantitative estimate of drug-likeness (QED) is 0.643. The number of sulfone groups is 1. The van der Waals surface area contributed by atoms with E-state index in [9.17, 15) is 12.8 Å². The van der Waals surface area contributed by atoms with Crippen LogP contribution in [0.1, 0.15) is 19.3 Å². The van der Waals surface area contributed by atoms with E-state index in [1.165, 1.54) is 12.1 Å². The minimum absolute atomic E-state index is 0.0121. The minimum Gasteiger partial charge on any atom is -0.398 e. The molecule has 2 N–H and O–H groups in total. The van der Waals surface area contributed by atoms with E-state index < -0.39 is 16.5 Å². The molecule has 0 amide bonds. The van der Waals surface area contributed by atoms with E-state index >= 15 is 0 Å². The monoisotopic (exact) mass is 279 g/mol. The molecular weight excluding hydrogens is 265 g/mol. The zero-order chi connectivity index (χ0) is 12.9. The van der Waals surface area contributed by atoms with Crippen LogP contribution in [-0.2, 0) is 9.84 Å². The summed E-state index contributed by atoms with van der Waals surface area (Å²) in [6.45, 7) is -0.422. The number of hydrogen-bond acceptors (Lipinski definition) is 3. The maximum absolute atomic E-state index is 12.0. The molecule has 1 rings (SSSR count). The molecule has 0 radical (unpaired) electrons. The molecule has 3 nitrogen and oxygen atoms in total. The van der Waals surface area contributed by atoms with Gasteiger partial charge in [-0.3, -0.25) is 4.39 Å². The van der Waals surface area contributed by atoms with Crippen molar-refractivity contribution in [2.45, 2.75) is 24.2 Å². The highest BCUT2D eigenvalue weighted by Gasteiger charge is 2.20. The third kappa shape index (κ3) is 3.85. The summed E-state index contributed by atoms with van der Waals surface area (Å²) in [4.78, 5) is -0.0121. The van der Waals surface area contributed by atoms with Gasteiger partial charge in [-0.15, -0.1) is 0 Å². The van der Waals surface area contributed by atoms with Crippen molar-refractivity contribution in [3.8, 4) is 0 Å². The highest BCUT2D eigenvalue weighted by Crippen LogP contribution is 2.28. The van der Waals surface area contributed by atoms with E-state index in [0.29, 0.717) is 19.3 Å². The first kappa shape index (κ1) is 14.3. The predicted molar refractivity (Wildman–Crippen MR) is 67.7 cm³/mol. The van der Waals surface area contributed by atoms with Crippen molar-refractivity contribution in [3.63, 3.8) is 0 Å². The number of halogens is 2. The lowest BCUT2D eigenvalue weighted by Gasteiger charge is -2.08. The molecule has 0 saturated carbocycles. The van der Waals surface area contributed by atoms with Gasteiger partial charge in [-0.1, -0.05) is 17.7 Å². The fourth-order valence-corrected chi connectivity index (χ4v) is 3.63. The summed E-state index contributed by atoms with van der Waals surface area (Å²) in [7, 11) is -3.48. The van der Waals surface area contributed by atoms with Crippen LogP contribution >= 0.6 is 11.6 Å². The van der Waals surface area contributed by atoms with Gasteiger partial charge in [-0.05, 0) is 31.4 Å². The van der Waals surface area contributed by atoms with Crippen molar-refractivity contribution in [3.05, 3.63) is 23.2 Å². The Kier molecular flexibility index (Phi) is 5.21. The number of unbranched alkanes of at least 4 members (excludes halogenated alkanes) is 2. The van der Waals surface area contributed by atoms with E-state index in [2.05, 4.69) is 0 Å². The van der Waals surface area contributed by atoms with Gasteiger partial charge in [0.1, 0.15) is 4.90 Å². The molecule has 6 heteroatoms. The molecule has 96 valence electrons. The number of benzene rings is 1. The van der Waals surface area contributed by atoms with Gasteiger partial charge in [0.15, 0.2) is 9.84 Å². The van der Waals surface area contributed by atoms with Crippen LogP contribution < -0.4 is 5.73 Å². The molecule has 0 aliphatic carbocycles. The maximum atomic E-state index is 12.0. The molecule has 0 saturated heterocycles. The summed E-state index contributed by atoms with van der Waals surface area (Å²) < 4.78 is 35.8. The van der Waals surface area contributed by atoms with Crippen molar-refractivity contribution in [1.82, 2.24) is 0 Å². The third-order valence-corrected chi connectivity index (χ3v) is 4.69. The number of hydrogen-bond donors (Lipinski definition) is 1. The first-order chi connectivity index (χ1) is 7.99. The fourth-order valence-electron chi connectivity index (χ4n) is 1.52. The van der Waals surface area contributed by atoms with Crippen molar-refractivity contribution < 1.29 is 12.8 Å². The molecule has 0 aliphatic heterocycles. The van der Waals surface area contributed by atoms with Crippen LogP contribution in [0.2, 0.25) is 5.02 Å². The molecule has 0 unspecified atom stereocenters. The van der Waals surface area contributed by atoms with Crippen molar-refractivity contribution >= 4 is 27.1 Å². The van der Waals surface area contributed by atoms with Gasteiger partial charge in [-0.25, -0.2) is 8.42 Å². The number of nitrogens with two attached hydrogens (primary N) is 1. The lowest BCUT2D eigenvalue weighted by molar-refractivity contribution is 0.459. The first-order valence-corrected chi connectivity index (χ1v) is 7.35. The smallest absolute Gasteiger partial charge is 0.181 e. The van der Waals surface area contributed by atoms with Crippen molar-refractivity contribution in [1.29, 1.82) is 0 Å². The van der Waals surface area contributed by atoms with Crippen molar-refractivity contribution in [2.75, 3.05) is 18.2 Å². The Labute approximate surface area is 106 Å². The summed E-state index contributed by atoms with van der Waals surface area (Å²) in [6.07, 6.45) is 1.34. The van der Waals surface area contributed by atoms with Gasteiger partial charge in [-0.2, -0.15) is 0 Å². The van der Waals surface area contributed by atoms with E-state index in [1.54, 1.807) is 6.07 Å². The van der Waals surface area contributed by atoms with Crippen molar-refractivity contribution in [2.24, 2.45) is 0 Å². The van der Waals surface area contributed by atoms with Gasteiger partial charge < -0.3 is 5.73 Å². The maximum Gasteiger partial charge on any atom is 0.181 e. The summed E-state index contributed by atoms with van der Waals surface area (Å²) in [6, 6.07) is 4.59. The molecule has 0 heterocycles. The van der Waals surface area contributed by atoms with Crippen LogP contribution in [-0.4, -0.2) is 20.8 Å². The fraction of sp³-hybridized carbons (Fsp3) is 0.455. The number of alkyl halides is 1. The van der Waals surface area contributed by atoms with E-state index in [0.717, 1.165) is 0 Å². The second-order valence-corrected chi connectivity index (χ2v) is 6.18. The molecule has 0 spiro atoms. The second kappa shape index (κ2) is 6.21. The SMILES string of the molecule is Nc1cccc(Cl)c1S(=O)(=O)CCCCCF. The average Bonchev–Trinajstić information content (AvgIpc) is 2.24. The minimum atomic E-state index is -3.48. The van der Waals surface area contributed by atoms with E-state index in [-0.39, 0.29) is 21.4 Å². The lowest BCUT2D eigenvalue weighted by atomic mass is 10.3. The molecule has 0 bridgehead atoms. The average molecular weight is 280 g/mol. The zero-order valence-corrected chi connectivity index (χ0v) is 10.9. The van der Waals surface area contributed by atoms with Gasteiger partial charge in [0, 0.05) is 0 Å². The number of rotatable bonds is 6. The summed E-state index contributed by atoms with van der Waals surface area (Å²) >= 11 is 5.83. The van der Waals surface area contributed by atoms with Crippen LogP contribution in [0.25, 0.3) is 0 Å². The topological polar surface area (TPSA) is 60.2 Å². The number of anilines is 1. The Morgan fingerprint density at radius 3 is 2.53 bits per heavy atom. The molecule has 17 heavy (non-hydrogen) atoms. The highest BCUT2D eigenvalue weighted by molar-refractivity contribution is 7.91. The Morgan fingerprint density at radius 1 is 1.24 bits per heavy atom. The second-order valence-electron chi connectivity index (χ2n) is 3.73. The van der Waals surface area contributed by atoms with Crippen LogP contribution in [0.3, 0.4) is 0 Å². The van der Waals surface area contributed by atoms with Crippen LogP contribution in [0.15, 0.2) is 23.1 Å². The van der Waals surface area contributed by atoms with E-state index in [4.69, 9.17) is 17.3 Å². The number of nitrogen functional groups attached to an aromatic ring is 1. The van der Waals surface area contributed by atoms with Gasteiger partial charge >= 0.3 is 0 Å². The van der Waals surface area contributed by atoms with Crippen LogP contribution in [0, 0.1) is 0 Å². The Morgan fingerprint density at radius 2 is 1.94 bits per heavy atom. The molecule has 1 aromatic rings. The van der Waals surface area contributed by atoms with Crippen LogP contribution in [0.5, 0.6) is 0 Å². The van der Waals surface area contributed by atoms with Gasteiger partial charge in [0.05, 0.1) is 23.1 Å². The van der Waals surface area contributed by atoms with Gasteiger partial charge in [0.2, 0.25) is 0 Å². The molecule has 0 aromatic heterocycles. The molecule has 0 aliphatic rings. The summed E-state index contributed by atoms with van der Waals surface area (Å²) in [5.41, 5.74) is 5.77. The Bertz CT molecular complexity index is 456. The summed E-state index contributed by atoms with van der Waals surface area (Å²) in [5.74, 6) is -0.0546. The molecule has 0 atom stereocenters. The zero-order valence-electron chi connectivity index (χ0n) is 9.33. The molecule has 0 fully saturated rings. The van der Waals surface area contributed by atoms with E-state index in [1.807, 2.05) is 0 Å². The third-order valence-electron chi connectivity index (χ3n) is 2.36.